The van der Waals surface area contributed by atoms with Gasteiger partial charge in [0.1, 0.15) is 36.6 Å². The van der Waals surface area contributed by atoms with Gasteiger partial charge in [0.05, 0.1) is 18.3 Å². The van der Waals surface area contributed by atoms with Crippen LogP contribution in [0.15, 0.2) is 0 Å². The first kappa shape index (κ1) is 25.1. The summed E-state index contributed by atoms with van der Waals surface area (Å²) in [5.41, 5.74) is 24.3. The van der Waals surface area contributed by atoms with E-state index in [0.29, 0.717) is 12.8 Å². The molecule has 1 heterocycles. The van der Waals surface area contributed by atoms with Crippen molar-refractivity contribution in [2.24, 2.45) is 28.9 Å². The molecule has 31 heavy (non-hydrogen) atoms. The minimum Gasteiger partial charge on any atom is -0.393 e. The summed E-state index contributed by atoms with van der Waals surface area (Å²) in [5.74, 6) is -0.170. The van der Waals surface area contributed by atoms with Crippen molar-refractivity contribution in [2.45, 2.75) is 106 Å². The molecule has 0 aromatic rings. The maximum Gasteiger partial charge on any atom is 0.187 e. The van der Waals surface area contributed by atoms with Gasteiger partial charge >= 0.3 is 0 Å². The van der Waals surface area contributed by atoms with Crippen LogP contribution < -0.4 is 22.9 Å². The molecule has 14 unspecified atom stereocenters. The van der Waals surface area contributed by atoms with Crippen LogP contribution in [0.25, 0.3) is 0 Å². The van der Waals surface area contributed by atoms with Crippen molar-refractivity contribution in [1.82, 2.24) is 0 Å². The maximum absolute atomic E-state index is 11.0. The first-order valence-corrected chi connectivity index (χ1v) is 10.9. The second-order valence-corrected chi connectivity index (χ2v) is 9.17. The molecule has 0 aromatic carbocycles. The van der Waals surface area contributed by atoms with Crippen molar-refractivity contribution in [3.63, 3.8) is 0 Å². The van der Waals surface area contributed by atoms with E-state index in [1.54, 1.807) is 0 Å². The number of aliphatic hydroxyl groups excluding tert-OH is 5. The lowest BCUT2D eigenvalue weighted by Crippen LogP contribution is -2.66. The average Bonchev–Trinajstić information content (AvgIpc) is 2.71. The van der Waals surface area contributed by atoms with Gasteiger partial charge in [-0.05, 0) is 38.6 Å². The highest BCUT2D eigenvalue weighted by molar-refractivity contribution is 5.01. The van der Waals surface area contributed by atoms with Crippen LogP contribution in [0.4, 0.5) is 0 Å². The molecule has 1 aliphatic heterocycles. The molecule has 12 nitrogen and oxygen atoms in total. The van der Waals surface area contributed by atoms with Gasteiger partial charge in [0.25, 0.3) is 0 Å². The van der Waals surface area contributed by atoms with Gasteiger partial charge in [0.15, 0.2) is 6.29 Å². The molecule has 0 spiro atoms. The van der Waals surface area contributed by atoms with Crippen molar-refractivity contribution >= 4 is 0 Å². The minimum atomic E-state index is -1.53. The second kappa shape index (κ2) is 10.2. The Bertz CT molecular complexity index is 591. The van der Waals surface area contributed by atoms with E-state index in [2.05, 4.69) is 0 Å². The zero-order valence-electron chi connectivity index (χ0n) is 17.7. The third-order valence-corrected chi connectivity index (χ3v) is 6.87. The van der Waals surface area contributed by atoms with E-state index >= 15 is 0 Å². The summed E-state index contributed by atoms with van der Waals surface area (Å²) in [5, 5.41) is 51.2. The Labute approximate surface area is 181 Å². The van der Waals surface area contributed by atoms with Crippen molar-refractivity contribution < 1.29 is 39.7 Å². The van der Waals surface area contributed by atoms with Crippen LogP contribution >= 0.6 is 0 Å². The molecule has 2 saturated carbocycles. The number of hydrogen-bond acceptors (Lipinski definition) is 12. The van der Waals surface area contributed by atoms with Gasteiger partial charge in [-0.3, -0.25) is 0 Å². The van der Waals surface area contributed by atoms with Gasteiger partial charge < -0.3 is 62.7 Å². The Balaban J connectivity index is 1.69. The number of aliphatic hydroxyl groups is 5. The molecular formula is C19H38N4O8. The first-order chi connectivity index (χ1) is 14.5. The van der Waals surface area contributed by atoms with E-state index in [-0.39, 0.29) is 18.9 Å². The lowest BCUT2D eigenvalue weighted by molar-refractivity contribution is -0.319. The predicted molar refractivity (Wildman–Crippen MR) is 108 cm³/mol. The third-order valence-electron chi connectivity index (χ3n) is 6.87. The fraction of sp³-hybridized carbons (Fsp3) is 1.00. The molecule has 0 aromatic heterocycles. The van der Waals surface area contributed by atoms with E-state index in [4.69, 9.17) is 37.1 Å². The molecule has 3 rings (SSSR count). The molecule has 0 bridgehead atoms. The summed E-state index contributed by atoms with van der Waals surface area (Å²) >= 11 is 0. The number of hydrogen-bond donors (Lipinski definition) is 9. The summed E-state index contributed by atoms with van der Waals surface area (Å²) in [6.07, 6.45) is -9.56. The van der Waals surface area contributed by atoms with Crippen LogP contribution in [0.3, 0.4) is 0 Å². The highest BCUT2D eigenvalue weighted by atomic mass is 16.7. The number of nitrogens with two attached hydrogens (primary N) is 4. The standard InChI is InChI=1S/C19H38N4O8/c1-6-13(25)14(26)15(27)19(29-6)31-18-10(23)3-9(22)17(16(18)28)30-12-2-7(5-20)11(24)4-8(12)21/h6-19,24-28H,2-5,20-23H2,1H3. The molecule has 13 N–H and O–H groups in total. The zero-order chi connectivity index (χ0) is 23.0. The van der Waals surface area contributed by atoms with Gasteiger partial charge in [0, 0.05) is 18.1 Å². The SMILES string of the molecule is CC1OC(OC2C(N)CC(N)C(OC3CC(CN)C(O)CC3N)C2O)C(O)C(O)C1O. The Morgan fingerprint density at radius 1 is 0.774 bits per heavy atom. The molecule has 12 heteroatoms. The molecule has 2 aliphatic carbocycles. The van der Waals surface area contributed by atoms with E-state index < -0.39 is 79.4 Å². The fourth-order valence-electron chi connectivity index (χ4n) is 4.78. The molecule has 182 valence electrons. The highest BCUT2D eigenvalue weighted by Gasteiger charge is 2.49. The van der Waals surface area contributed by atoms with Crippen LogP contribution in [-0.4, -0.2) is 111 Å². The zero-order valence-corrected chi connectivity index (χ0v) is 17.7. The van der Waals surface area contributed by atoms with E-state index in [9.17, 15) is 25.5 Å². The topological polar surface area (TPSA) is 233 Å². The number of rotatable bonds is 5. The van der Waals surface area contributed by atoms with Crippen LogP contribution in [0.5, 0.6) is 0 Å². The van der Waals surface area contributed by atoms with Crippen molar-refractivity contribution in [1.29, 1.82) is 0 Å². The van der Waals surface area contributed by atoms with E-state index in [0.717, 1.165) is 0 Å². The summed E-state index contributed by atoms with van der Waals surface area (Å²) in [7, 11) is 0. The molecule has 0 amide bonds. The summed E-state index contributed by atoms with van der Waals surface area (Å²) in [6.45, 7) is 1.81. The van der Waals surface area contributed by atoms with Gasteiger partial charge in [-0.15, -0.1) is 0 Å². The van der Waals surface area contributed by atoms with Crippen molar-refractivity contribution in [3.05, 3.63) is 0 Å². The largest absolute Gasteiger partial charge is 0.393 e. The Kier molecular flexibility index (Phi) is 8.27. The summed E-state index contributed by atoms with van der Waals surface area (Å²) in [4.78, 5) is 0. The third kappa shape index (κ3) is 5.21. The maximum atomic E-state index is 11.0. The summed E-state index contributed by atoms with van der Waals surface area (Å²) in [6, 6.07) is -1.73. The number of ether oxygens (including phenoxy) is 3. The van der Waals surface area contributed by atoms with Gasteiger partial charge in [0.2, 0.25) is 0 Å². The monoisotopic (exact) mass is 450 g/mol. The van der Waals surface area contributed by atoms with Gasteiger partial charge in [-0.2, -0.15) is 0 Å². The normalized spacial score (nSPS) is 54.0. The Hall–Kier alpha value is -0.480. The van der Waals surface area contributed by atoms with Crippen LogP contribution in [0.2, 0.25) is 0 Å². The predicted octanol–water partition coefficient (Wildman–Crippen LogP) is -4.57. The lowest BCUT2D eigenvalue weighted by Gasteiger charge is -2.47. The summed E-state index contributed by atoms with van der Waals surface area (Å²) < 4.78 is 17.3. The van der Waals surface area contributed by atoms with Gasteiger partial charge in [-0.25, -0.2) is 0 Å². The van der Waals surface area contributed by atoms with E-state index in [1.807, 2.05) is 0 Å². The molecule has 3 aliphatic rings. The molecule has 0 radical (unpaired) electrons. The Morgan fingerprint density at radius 3 is 2.00 bits per heavy atom. The Morgan fingerprint density at radius 2 is 1.39 bits per heavy atom. The van der Waals surface area contributed by atoms with Crippen LogP contribution in [0, 0.1) is 5.92 Å². The van der Waals surface area contributed by atoms with Crippen molar-refractivity contribution in [2.75, 3.05) is 6.54 Å². The van der Waals surface area contributed by atoms with Gasteiger partial charge in [-0.1, -0.05) is 0 Å². The first-order valence-electron chi connectivity index (χ1n) is 10.9. The minimum absolute atomic E-state index is 0.170. The quantitative estimate of drug-likeness (QED) is 0.193. The lowest BCUT2D eigenvalue weighted by atomic mass is 9.80. The molecule has 3 fully saturated rings. The molecular weight excluding hydrogens is 412 g/mol. The van der Waals surface area contributed by atoms with E-state index in [1.165, 1.54) is 6.92 Å². The smallest absolute Gasteiger partial charge is 0.187 e. The average molecular weight is 451 g/mol. The van der Waals surface area contributed by atoms with Crippen molar-refractivity contribution in [3.8, 4) is 0 Å². The van der Waals surface area contributed by atoms with Crippen LogP contribution in [0.1, 0.15) is 26.2 Å². The molecule has 14 atom stereocenters. The van der Waals surface area contributed by atoms with Crippen LogP contribution in [-0.2, 0) is 14.2 Å². The highest BCUT2D eigenvalue weighted by Crippen LogP contribution is 2.32. The molecule has 1 saturated heterocycles. The second-order valence-electron chi connectivity index (χ2n) is 9.17. The fourth-order valence-corrected chi connectivity index (χ4v) is 4.78.